The molecule has 0 bridgehead atoms. The van der Waals surface area contributed by atoms with Crippen LogP contribution in [0.2, 0.25) is 0 Å². The predicted molar refractivity (Wildman–Crippen MR) is 97.8 cm³/mol. The van der Waals surface area contributed by atoms with Crippen LogP contribution >= 0.6 is 0 Å². The second-order valence-corrected chi connectivity index (χ2v) is 7.27. The van der Waals surface area contributed by atoms with Crippen LogP contribution < -0.4 is 5.56 Å². The van der Waals surface area contributed by atoms with Crippen LogP contribution in [0.3, 0.4) is 0 Å². The molecule has 2 atom stereocenters. The maximum Gasteiger partial charge on any atom is 0.254 e. The van der Waals surface area contributed by atoms with Crippen molar-refractivity contribution < 1.29 is 9.90 Å². The molecule has 0 radical (unpaired) electrons. The number of aryl methyl sites for hydroxylation is 1. The quantitative estimate of drug-likeness (QED) is 0.871. The minimum atomic E-state index is -0.276. The molecule has 0 aliphatic carbocycles. The molecule has 1 fully saturated rings. The fraction of sp³-hybridized carbons (Fsp3) is 0.474. The van der Waals surface area contributed by atoms with Gasteiger partial charge in [0.15, 0.2) is 0 Å². The number of aromatic amines is 1. The Kier molecular flexibility index (Phi) is 4.92. The standard InChI is InChI=1S/C19H25N3O3/c1-12-4-5-17-15(6-12)16(7-18(24)20-17)19(25)22-9-13(8-21(2)3)14(10-22)11-23/h4-7,13-14,23H,8-11H2,1-3H3,(H,20,24). The van der Waals surface area contributed by atoms with Crippen LogP contribution in [0.4, 0.5) is 0 Å². The Morgan fingerprint density at radius 1 is 1.28 bits per heavy atom. The Labute approximate surface area is 147 Å². The van der Waals surface area contributed by atoms with Crippen molar-refractivity contribution in [3.8, 4) is 0 Å². The third-order valence-electron chi connectivity index (χ3n) is 4.93. The number of hydrogen-bond donors (Lipinski definition) is 2. The Morgan fingerprint density at radius 2 is 2.00 bits per heavy atom. The number of H-pyrrole nitrogens is 1. The van der Waals surface area contributed by atoms with E-state index in [1.807, 2.05) is 39.2 Å². The number of hydrogen-bond acceptors (Lipinski definition) is 4. The Balaban J connectivity index is 1.95. The normalized spacial score (nSPS) is 20.6. The number of carbonyl (C=O) groups excluding carboxylic acids is 1. The van der Waals surface area contributed by atoms with Gasteiger partial charge < -0.3 is 19.9 Å². The first kappa shape index (κ1) is 17.6. The van der Waals surface area contributed by atoms with E-state index >= 15 is 0 Å². The monoisotopic (exact) mass is 343 g/mol. The molecule has 25 heavy (non-hydrogen) atoms. The first-order valence-corrected chi connectivity index (χ1v) is 8.57. The van der Waals surface area contributed by atoms with Gasteiger partial charge in [-0.25, -0.2) is 0 Å². The van der Waals surface area contributed by atoms with Crippen molar-refractivity contribution >= 4 is 16.8 Å². The molecule has 1 aromatic carbocycles. The fourth-order valence-corrected chi connectivity index (χ4v) is 3.70. The number of aliphatic hydroxyl groups excluding tert-OH is 1. The largest absolute Gasteiger partial charge is 0.396 e. The lowest BCUT2D eigenvalue weighted by Crippen LogP contribution is -2.31. The van der Waals surface area contributed by atoms with Crippen LogP contribution in [0.1, 0.15) is 15.9 Å². The molecular weight excluding hydrogens is 318 g/mol. The van der Waals surface area contributed by atoms with E-state index in [0.29, 0.717) is 24.2 Å². The lowest BCUT2D eigenvalue weighted by molar-refractivity contribution is 0.0781. The van der Waals surface area contributed by atoms with Gasteiger partial charge in [0.1, 0.15) is 0 Å². The molecule has 1 aromatic heterocycles. The summed E-state index contributed by atoms with van der Waals surface area (Å²) in [4.78, 5) is 31.7. The topological polar surface area (TPSA) is 76.6 Å². The fourth-order valence-electron chi connectivity index (χ4n) is 3.70. The summed E-state index contributed by atoms with van der Waals surface area (Å²) >= 11 is 0. The molecule has 6 heteroatoms. The molecular formula is C19H25N3O3. The van der Waals surface area contributed by atoms with Gasteiger partial charge in [-0.05, 0) is 39.1 Å². The highest BCUT2D eigenvalue weighted by Crippen LogP contribution is 2.27. The minimum absolute atomic E-state index is 0.0670. The highest BCUT2D eigenvalue weighted by Gasteiger charge is 2.35. The lowest BCUT2D eigenvalue weighted by Gasteiger charge is -2.20. The summed E-state index contributed by atoms with van der Waals surface area (Å²) in [5.41, 5.74) is 1.87. The molecule has 1 aliphatic heterocycles. The molecule has 2 heterocycles. The van der Waals surface area contributed by atoms with E-state index in [4.69, 9.17) is 0 Å². The van der Waals surface area contributed by atoms with Gasteiger partial charge in [-0.15, -0.1) is 0 Å². The molecule has 3 rings (SSSR count). The second kappa shape index (κ2) is 6.98. The van der Waals surface area contributed by atoms with Gasteiger partial charge in [-0.2, -0.15) is 0 Å². The van der Waals surface area contributed by atoms with Crippen LogP contribution in [0.5, 0.6) is 0 Å². The van der Waals surface area contributed by atoms with Crippen molar-refractivity contribution in [1.82, 2.24) is 14.8 Å². The van der Waals surface area contributed by atoms with Crippen molar-refractivity contribution in [1.29, 1.82) is 0 Å². The second-order valence-electron chi connectivity index (χ2n) is 7.27. The number of amides is 1. The zero-order valence-electron chi connectivity index (χ0n) is 15.0. The van der Waals surface area contributed by atoms with Gasteiger partial charge in [0.2, 0.25) is 5.56 Å². The smallest absolute Gasteiger partial charge is 0.254 e. The zero-order chi connectivity index (χ0) is 18.1. The lowest BCUT2D eigenvalue weighted by atomic mass is 9.97. The van der Waals surface area contributed by atoms with Crippen molar-refractivity contribution in [3.05, 3.63) is 45.7 Å². The first-order chi connectivity index (χ1) is 11.9. The number of benzene rings is 1. The molecule has 0 spiro atoms. The molecule has 0 saturated carbocycles. The van der Waals surface area contributed by atoms with Crippen molar-refractivity contribution in [2.24, 2.45) is 11.8 Å². The SMILES string of the molecule is Cc1ccc2[nH]c(=O)cc(C(=O)N3CC(CO)C(CN(C)C)C3)c2c1. The predicted octanol–water partition coefficient (Wildman–Crippen LogP) is 1.08. The van der Waals surface area contributed by atoms with Crippen molar-refractivity contribution in [2.75, 3.05) is 40.3 Å². The number of fused-ring (bicyclic) bond motifs is 1. The van der Waals surface area contributed by atoms with E-state index < -0.39 is 0 Å². The number of carbonyl (C=O) groups is 1. The number of aliphatic hydroxyl groups is 1. The first-order valence-electron chi connectivity index (χ1n) is 8.57. The highest BCUT2D eigenvalue weighted by molar-refractivity contribution is 6.06. The van der Waals surface area contributed by atoms with Crippen molar-refractivity contribution in [3.63, 3.8) is 0 Å². The van der Waals surface area contributed by atoms with Crippen LogP contribution in [-0.4, -0.2) is 66.1 Å². The summed E-state index contributed by atoms with van der Waals surface area (Å²) in [6.45, 7) is 3.97. The minimum Gasteiger partial charge on any atom is -0.396 e. The third-order valence-corrected chi connectivity index (χ3v) is 4.93. The van der Waals surface area contributed by atoms with Crippen LogP contribution in [0.25, 0.3) is 10.9 Å². The molecule has 1 amide bonds. The maximum absolute atomic E-state index is 13.1. The molecule has 1 aliphatic rings. The summed E-state index contributed by atoms with van der Waals surface area (Å²) in [6, 6.07) is 7.06. The van der Waals surface area contributed by atoms with E-state index in [2.05, 4.69) is 9.88 Å². The van der Waals surface area contributed by atoms with Crippen LogP contribution in [-0.2, 0) is 0 Å². The Bertz CT molecular complexity index is 843. The van der Waals surface area contributed by atoms with Gasteiger partial charge in [-0.1, -0.05) is 11.6 Å². The van der Waals surface area contributed by atoms with Crippen LogP contribution in [0, 0.1) is 18.8 Å². The van der Waals surface area contributed by atoms with E-state index in [1.165, 1.54) is 6.07 Å². The van der Waals surface area contributed by atoms with Gasteiger partial charge in [-0.3, -0.25) is 9.59 Å². The summed E-state index contributed by atoms with van der Waals surface area (Å²) in [7, 11) is 3.98. The van der Waals surface area contributed by atoms with Crippen molar-refractivity contribution in [2.45, 2.75) is 6.92 Å². The number of pyridine rings is 1. The molecule has 6 nitrogen and oxygen atoms in total. The summed E-state index contributed by atoms with van der Waals surface area (Å²) in [5, 5.41) is 10.4. The summed E-state index contributed by atoms with van der Waals surface area (Å²) < 4.78 is 0. The zero-order valence-corrected chi connectivity index (χ0v) is 15.0. The average Bonchev–Trinajstić information content (AvgIpc) is 2.96. The van der Waals surface area contributed by atoms with Gasteiger partial charge in [0.25, 0.3) is 5.91 Å². The van der Waals surface area contributed by atoms with E-state index in [0.717, 1.165) is 17.5 Å². The Morgan fingerprint density at radius 3 is 2.68 bits per heavy atom. The summed E-state index contributed by atoms with van der Waals surface area (Å²) in [6.07, 6.45) is 0. The number of likely N-dealkylation sites (tertiary alicyclic amines) is 1. The van der Waals surface area contributed by atoms with Gasteiger partial charge in [0.05, 0.1) is 5.56 Å². The van der Waals surface area contributed by atoms with Crippen LogP contribution in [0.15, 0.2) is 29.1 Å². The Hall–Kier alpha value is -2.18. The summed E-state index contributed by atoms with van der Waals surface area (Å²) in [5.74, 6) is 0.168. The van der Waals surface area contributed by atoms with Gasteiger partial charge >= 0.3 is 0 Å². The number of rotatable bonds is 4. The third kappa shape index (κ3) is 3.60. The molecule has 2 aromatic rings. The number of nitrogens with zero attached hydrogens (tertiary/aromatic N) is 2. The maximum atomic E-state index is 13.1. The van der Waals surface area contributed by atoms with E-state index in [-0.39, 0.29) is 29.9 Å². The number of nitrogens with one attached hydrogen (secondary N) is 1. The molecule has 1 saturated heterocycles. The van der Waals surface area contributed by atoms with Gasteiger partial charge in [0, 0.05) is 49.1 Å². The number of aromatic nitrogens is 1. The molecule has 2 N–H and O–H groups in total. The molecule has 2 unspecified atom stereocenters. The average molecular weight is 343 g/mol. The van der Waals surface area contributed by atoms with E-state index in [1.54, 1.807) is 4.90 Å². The highest BCUT2D eigenvalue weighted by atomic mass is 16.3. The van der Waals surface area contributed by atoms with E-state index in [9.17, 15) is 14.7 Å². The molecule has 134 valence electrons.